The number of likely N-dealkylation sites (tertiary alicyclic amines) is 1. The number of aliphatic imine (C=N–C) groups is 1. The van der Waals surface area contributed by atoms with Crippen molar-refractivity contribution in [3.63, 3.8) is 0 Å². The molecule has 9 heteroatoms. The average molecular weight is 500 g/mol. The molecule has 1 fully saturated rings. The largest absolute Gasteiger partial charge is 0.434 e. The predicted octanol–water partition coefficient (Wildman–Crippen LogP) is 3.44. The first kappa shape index (κ1) is 23.8. The van der Waals surface area contributed by atoms with Crippen LogP contribution in [0.15, 0.2) is 23.2 Å². The van der Waals surface area contributed by atoms with Gasteiger partial charge in [0.2, 0.25) is 0 Å². The fourth-order valence-corrected chi connectivity index (χ4v) is 3.07. The van der Waals surface area contributed by atoms with E-state index in [0.29, 0.717) is 17.9 Å². The molecule has 2 N–H and O–H groups in total. The summed E-state index contributed by atoms with van der Waals surface area (Å²) in [6.07, 6.45) is 0. The van der Waals surface area contributed by atoms with Gasteiger partial charge in [0.15, 0.2) is 5.96 Å². The van der Waals surface area contributed by atoms with Crippen LogP contribution < -0.4 is 15.4 Å². The van der Waals surface area contributed by atoms with Gasteiger partial charge < -0.3 is 15.4 Å². The van der Waals surface area contributed by atoms with E-state index in [1.54, 1.807) is 7.05 Å². The molecule has 1 heterocycles. The predicted molar refractivity (Wildman–Crippen MR) is 111 cm³/mol. The van der Waals surface area contributed by atoms with Gasteiger partial charge in [-0.3, -0.25) is 9.89 Å². The molecule has 2 rings (SSSR count). The SMILES string of the molecule is CN=C(NCc1c(F)cccc1OC(F)F)NC1CN(C(C)C)CC1C.I. The molecule has 5 nitrogen and oxygen atoms in total. The minimum Gasteiger partial charge on any atom is -0.434 e. The lowest BCUT2D eigenvalue weighted by atomic mass is 10.1. The second kappa shape index (κ2) is 10.9. The molecule has 0 aromatic heterocycles. The average Bonchev–Trinajstić information content (AvgIpc) is 2.93. The van der Waals surface area contributed by atoms with E-state index in [4.69, 9.17) is 0 Å². The summed E-state index contributed by atoms with van der Waals surface area (Å²) in [5.41, 5.74) is 0.0408. The van der Waals surface area contributed by atoms with E-state index >= 15 is 0 Å². The topological polar surface area (TPSA) is 48.9 Å². The molecule has 2 atom stereocenters. The van der Waals surface area contributed by atoms with Gasteiger partial charge in [-0.15, -0.1) is 24.0 Å². The molecule has 0 amide bonds. The lowest BCUT2D eigenvalue weighted by Crippen LogP contribution is -2.46. The molecule has 1 saturated heterocycles. The first-order valence-electron chi connectivity index (χ1n) is 8.75. The van der Waals surface area contributed by atoms with Crippen LogP contribution in [0.2, 0.25) is 0 Å². The van der Waals surface area contributed by atoms with Crippen molar-refractivity contribution in [2.75, 3.05) is 20.1 Å². The summed E-state index contributed by atoms with van der Waals surface area (Å²) in [5, 5.41) is 6.32. The van der Waals surface area contributed by atoms with Crippen LogP contribution in [0.5, 0.6) is 5.75 Å². The number of nitrogens with zero attached hydrogens (tertiary/aromatic N) is 2. The zero-order chi connectivity index (χ0) is 19.3. The Morgan fingerprint density at radius 3 is 2.59 bits per heavy atom. The van der Waals surface area contributed by atoms with E-state index in [1.807, 2.05) is 0 Å². The highest BCUT2D eigenvalue weighted by molar-refractivity contribution is 14.0. The number of ether oxygens (including phenoxy) is 1. The van der Waals surface area contributed by atoms with Crippen LogP contribution in [0.1, 0.15) is 26.3 Å². The van der Waals surface area contributed by atoms with Crippen molar-refractivity contribution in [3.05, 3.63) is 29.6 Å². The zero-order valence-electron chi connectivity index (χ0n) is 16.0. The van der Waals surface area contributed by atoms with Gasteiger partial charge in [-0.05, 0) is 31.9 Å². The summed E-state index contributed by atoms with van der Waals surface area (Å²) in [4.78, 5) is 6.53. The molecule has 1 aromatic rings. The third kappa shape index (κ3) is 6.70. The Morgan fingerprint density at radius 2 is 2.04 bits per heavy atom. The van der Waals surface area contributed by atoms with Gasteiger partial charge in [0.05, 0.1) is 0 Å². The van der Waals surface area contributed by atoms with Crippen LogP contribution >= 0.6 is 24.0 Å². The molecule has 2 unspecified atom stereocenters. The maximum atomic E-state index is 14.0. The number of hydrogen-bond acceptors (Lipinski definition) is 3. The van der Waals surface area contributed by atoms with Crippen LogP contribution in [-0.4, -0.2) is 49.7 Å². The third-order valence-corrected chi connectivity index (χ3v) is 4.64. The molecule has 0 radical (unpaired) electrons. The lowest BCUT2D eigenvalue weighted by molar-refractivity contribution is -0.0506. The van der Waals surface area contributed by atoms with Crippen LogP contribution in [0.4, 0.5) is 13.2 Å². The minimum atomic E-state index is -3.01. The number of rotatable bonds is 6. The Kier molecular flexibility index (Phi) is 9.65. The minimum absolute atomic E-state index is 0. The Morgan fingerprint density at radius 1 is 1.33 bits per heavy atom. The molecule has 27 heavy (non-hydrogen) atoms. The summed E-state index contributed by atoms with van der Waals surface area (Å²) in [6.45, 7) is 5.34. The number of guanidine groups is 1. The first-order chi connectivity index (χ1) is 12.3. The van der Waals surface area contributed by atoms with E-state index in [0.717, 1.165) is 13.1 Å². The molecule has 0 spiro atoms. The molecular weight excluding hydrogens is 472 g/mol. The molecule has 1 aromatic carbocycles. The molecule has 1 aliphatic rings. The maximum Gasteiger partial charge on any atom is 0.387 e. The van der Waals surface area contributed by atoms with Gasteiger partial charge in [-0.2, -0.15) is 8.78 Å². The van der Waals surface area contributed by atoms with Crippen LogP contribution in [0, 0.1) is 11.7 Å². The Labute approximate surface area is 175 Å². The molecule has 154 valence electrons. The quantitative estimate of drug-likeness (QED) is 0.357. The van der Waals surface area contributed by atoms with Crippen LogP contribution in [-0.2, 0) is 6.54 Å². The van der Waals surface area contributed by atoms with Crippen molar-refractivity contribution >= 4 is 29.9 Å². The van der Waals surface area contributed by atoms with Gasteiger partial charge in [0.25, 0.3) is 0 Å². The summed E-state index contributed by atoms with van der Waals surface area (Å²) >= 11 is 0. The zero-order valence-corrected chi connectivity index (χ0v) is 18.3. The fraction of sp³-hybridized carbons (Fsp3) is 0.611. The molecule has 0 aliphatic carbocycles. The highest BCUT2D eigenvalue weighted by Crippen LogP contribution is 2.23. The summed E-state index contributed by atoms with van der Waals surface area (Å²) in [6, 6.07) is 4.55. The van der Waals surface area contributed by atoms with E-state index < -0.39 is 12.4 Å². The van der Waals surface area contributed by atoms with E-state index in [2.05, 4.69) is 46.0 Å². The second-order valence-electron chi connectivity index (χ2n) is 6.80. The van der Waals surface area contributed by atoms with Crippen LogP contribution in [0.25, 0.3) is 0 Å². The highest BCUT2D eigenvalue weighted by atomic mass is 127. The van der Waals surface area contributed by atoms with Gasteiger partial charge in [0.1, 0.15) is 11.6 Å². The molecule has 1 aliphatic heterocycles. The lowest BCUT2D eigenvalue weighted by Gasteiger charge is -2.22. The van der Waals surface area contributed by atoms with Crippen molar-refractivity contribution in [2.45, 2.75) is 46.0 Å². The normalized spacial score (nSPS) is 20.7. The van der Waals surface area contributed by atoms with Gasteiger partial charge in [-0.1, -0.05) is 13.0 Å². The van der Waals surface area contributed by atoms with E-state index in [9.17, 15) is 13.2 Å². The Balaban J connectivity index is 0.00000364. The summed E-state index contributed by atoms with van der Waals surface area (Å²) in [5.74, 6) is 0.148. The van der Waals surface area contributed by atoms with Crippen molar-refractivity contribution < 1.29 is 17.9 Å². The van der Waals surface area contributed by atoms with E-state index in [1.165, 1.54) is 18.2 Å². The van der Waals surface area contributed by atoms with Gasteiger partial charge in [0, 0.05) is 44.3 Å². The number of benzene rings is 1. The van der Waals surface area contributed by atoms with Crippen molar-refractivity contribution in [1.82, 2.24) is 15.5 Å². The maximum absolute atomic E-state index is 14.0. The van der Waals surface area contributed by atoms with E-state index in [-0.39, 0.29) is 47.9 Å². The van der Waals surface area contributed by atoms with Crippen molar-refractivity contribution in [2.24, 2.45) is 10.9 Å². The van der Waals surface area contributed by atoms with Crippen molar-refractivity contribution in [3.8, 4) is 5.75 Å². The smallest absolute Gasteiger partial charge is 0.387 e. The first-order valence-corrected chi connectivity index (χ1v) is 8.75. The molecular formula is C18H28F3IN4O. The standard InChI is InChI=1S/C18H27F3N4O.HI/c1-11(2)25-9-12(3)15(10-25)24-18(22-4)23-8-13-14(19)6-5-7-16(13)26-17(20)21;/h5-7,11-12,15,17H,8-10H2,1-4H3,(H2,22,23,24);1H. The molecule has 0 saturated carbocycles. The fourth-order valence-electron chi connectivity index (χ4n) is 3.07. The Hall–Kier alpha value is -1.23. The van der Waals surface area contributed by atoms with Crippen LogP contribution in [0.3, 0.4) is 0 Å². The summed E-state index contributed by atoms with van der Waals surface area (Å²) < 4.78 is 43.4. The van der Waals surface area contributed by atoms with Crippen molar-refractivity contribution in [1.29, 1.82) is 0 Å². The molecule has 0 bridgehead atoms. The number of alkyl halides is 2. The van der Waals surface area contributed by atoms with Gasteiger partial charge in [-0.25, -0.2) is 4.39 Å². The summed E-state index contributed by atoms with van der Waals surface area (Å²) in [7, 11) is 1.62. The highest BCUT2D eigenvalue weighted by Gasteiger charge is 2.31. The monoisotopic (exact) mass is 500 g/mol. The van der Waals surface area contributed by atoms with Gasteiger partial charge >= 0.3 is 6.61 Å². The third-order valence-electron chi connectivity index (χ3n) is 4.64. The number of halogens is 4. The Bertz CT molecular complexity index is 631. The number of nitrogens with one attached hydrogen (secondary N) is 2. The second-order valence-corrected chi connectivity index (χ2v) is 6.80. The number of hydrogen-bond donors (Lipinski definition) is 2.